The third-order valence-corrected chi connectivity index (χ3v) is 2.60. The molecule has 4 heteroatoms. The number of nitrogens with two attached hydrogens (primary N) is 1. The number of hydrogen-bond acceptors (Lipinski definition) is 2. The second kappa shape index (κ2) is 3.59. The molecule has 0 amide bonds. The van der Waals surface area contributed by atoms with E-state index in [4.69, 9.17) is 17.3 Å². The number of aromatic nitrogens is 2. The molecule has 0 aliphatic carbocycles. The van der Waals surface area contributed by atoms with E-state index in [9.17, 15) is 0 Å². The Morgan fingerprint density at radius 3 is 2.67 bits per heavy atom. The molecule has 0 aliphatic heterocycles. The van der Waals surface area contributed by atoms with E-state index in [2.05, 4.69) is 5.10 Å². The molecule has 78 valence electrons. The number of aryl methyl sites for hydroxylation is 2. The molecule has 1 aromatic carbocycles. The SMILES string of the molecule is Cc1ccc(Cl)c(-n2cc(C)c(N)n2)c1. The third-order valence-electron chi connectivity index (χ3n) is 2.28. The first-order valence-electron chi connectivity index (χ1n) is 4.66. The van der Waals surface area contributed by atoms with Crippen LogP contribution in [0.3, 0.4) is 0 Å². The highest BCUT2D eigenvalue weighted by Crippen LogP contribution is 2.22. The number of nitrogen functional groups attached to an aromatic ring is 1. The maximum atomic E-state index is 6.09. The van der Waals surface area contributed by atoms with Gasteiger partial charge >= 0.3 is 0 Å². The molecule has 0 atom stereocenters. The minimum Gasteiger partial charge on any atom is -0.382 e. The summed E-state index contributed by atoms with van der Waals surface area (Å²) in [6, 6.07) is 5.80. The molecule has 3 nitrogen and oxygen atoms in total. The Labute approximate surface area is 93.5 Å². The Morgan fingerprint density at radius 2 is 2.07 bits per heavy atom. The van der Waals surface area contributed by atoms with Crippen molar-refractivity contribution in [3.8, 4) is 5.69 Å². The summed E-state index contributed by atoms with van der Waals surface area (Å²) < 4.78 is 1.71. The lowest BCUT2D eigenvalue weighted by Gasteiger charge is -2.04. The van der Waals surface area contributed by atoms with Gasteiger partial charge in [0.1, 0.15) is 5.82 Å². The van der Waals surface area contributed by atoms with Gasteiger partial charge in [0, 0.05) is 11.8 Å². The number of nitrogens with zero attached hydrogens (tertiary/aromatic N) is 2. The molecular weight excluding hydrogens is 210 g/mol. The van der Waals surface area contributed by atoms with Gasteiger partial charge in [-0.15, -0.1) is 0 Å². The van der Waals surface area contributed by atoms with Crippen LogP contribution in [0.25, 0.3) is 5.69 Å². The van der Waals surface area contributed by atoms with Crippen molar-refractivity contribution in [1.29, 1.82) is 0 Å². The average molecular weight is 222 g/mol. The predicted octanol–water partition coefficient (Wildman–Crippen LogP) is 2.72. The Hall–Kier alpha value is -1.48. The van der Waals surface area contributed by atoms with Gasteiger partial charge in [0.05, 0.1) is 10.7 Å². The summed E-state index contributed by atoms with van der Waals surface area (Å²) >= 11 is 6.09. The highest BCUT2D eigenvalue weighted by atomic mass is 35.5. The molecule has 2 aromatic rings. The van der Waals surface area contributed by atoms with Gasteiger partial charge in [-0.2, -0.15) is 5.10 Å². The summed E-state index contributed by atoms with van der Waals surface area (Å²) in [5.41, 5.74) is 8.64. The van der Waals surface area contributed by atoms with Crippen LogP contribution in [0, 0.1) is 13.8 Å². The molecule has 2 rings (SSSR count). The van der Waals surface area contributed by atoms with Crippen LogP contribution in [-0.4, -0.2) is 9.78 Å². The van der Waals surface area contributed by atoms with Crippen LogP contribution in [0.1, 0.15) is 11.1 Å². The minimum absolute atomic E-state index is 0.535. The largest absolute Gasteiger partial charge is 0.382 e. The predicted molar refractivity (Wildman–Crippen MR) is 62.5 cm³/mol. The standard InChI is InChI=1S/C11H12ClN3/c1-7-3-4-9(12)10(5-7)15-6-8(2)11(13)14-15/h3-6H,1-2H3,(H2,13,14). The zero-order valence-corrected chi connectivity index (χ0v) is 9.42. The second-order valence-electron chi connectivity index (χ2n) is 3.60. The first-order valence-corrected chi connectivity index (χ1v) is 5.04. The normalized spacial score (nSPS) is 10.6. The zero-order valence-electron chi connectivity index (χ0n) is 8.66. The van der Waals surface area contributed by atoms with E-state index in [1.165, 1.54) is 0 Å². The fourth-order valence-electron chi connectivity index (χ4n) is 1.40. The molecule has 0 radical (unpaired) electrons. The van der Waals surface area contributed by atoms with Gasteiger partial charge in [-0.3, -0.25) is 0 Å². The lowest BCUT2D eigenvalue weighted by atomic mass is 10.2. The average Bonchev–Trinajstić information content (AvgIpc) is 2.51. The molecule has 0 unspecified atom stereocenters. The van der Waals surface area contributed by atoms with Gasteiger partial charge in [0.2, 0.25) is 0 Å². The summed E-state index contributed by atoms with van der Waals surface area (Å²) in [6.07, 6.45) is 1.87. The molecule has 0 spiro atoms. The van der Waals surface area contributed by atoms with E-state index >= 15 is 0 Å². The Bertz CT molecular complexity index is 483. The van der Waals surface area contributed by atoms with Crippen molar-refractivity contribution < 1.29 is 0 Å². The zero-order chi connectivity index (χ0) is 11.0. The monoisotopic (exact) mass is 221 g/mol. The molecule has 1 aromatic heterocycles. The van der Waals surface area contributed by atoms with Crippen molar-refractivity contribution in [1.82, 2.24) is 9.78 Å². The van der Waals surface area contributed by atoms with E-state index in [1.54, 1.807) is 4.68 Å². The van der Waals surface area contributed by atoms with Crippen molar-refractivity contribution in [2.24, 2.45) is 0 Å². The summed E-state index contributed by atoms with van der Waals surface area (Å²) in [5, 5.41) is 4.86. The number of hydrogen-bond donors (Lipinski definition) is 1. The first kappa shape index (κ1) is 10.1. The van der Waals surface area contributed by atoms with Crippen molar-refractivity contribution in [3.63, 3.8) is 0 Å². The molecule has 15 heavy (non-hydrogen) atoms. The van der Waals surface area contributed by atoms with Crippen LogP contribution in [0.4, 0.5) is 5.82 Å². The fourth-order valence-corrected chi connectivity index (χ4v) is 1.60. The van der Waals surface area contributed by atoms with Crippen LogP contribution in [0.5, 0.6) is 0 Å². The van der Waals surface area contributed by atoms with Crippen LogP contribution < -0.4 is 5.73 Å². The summed E-state index contributed by atoms with van der Waals surface area (Å²) in [5.74, 6) is 0.535. The van der Waals surface area contributed by atoms with E-state index < -0.39 is 0 Å². The highest BCUT2D eigenvalue weighted by molar-refractivity contribution is 6.32. The lowest BCUT2D eigenvalue weighted by molar-refractivity contribution is 0.884. The maximum Gasteiger partial charge on any atom is 0.148 e. The van der Waals surface area contributed by atoms with E-state index in [-0.39, 0.29) is 0 Å². The molecule has 0 fully saturated rings. The van der Waals surface area contributed by atoms with Gasteiger partial charge in [-0.1, -0.05) is 17.7 Å². The maximum absolute atomic E-state index is 6.09. The fraction of sp³-hybridized carbons (Fsp3) is 0.182. The van der Waals surface area contributed by atoms with Gasteiger partial charge in [0.25, 0.3) is 0 Å². The highest BCUT2D eigenvalue weighted by Gasteiger charge is 2.06. The number of benzene rings is 1. The lowest BCUT2D eigenvalue weighted by Crippen LogP contribution is -1.97. The number of anilines is 1. The molecule has 0 saturated carbocycles. The van der Waals surface area contributed by atoms with E-state index in [0.717, 1.165) is 16.8 Å². The molecule has 2 N–H and O–H groups in total. The van der Waals surface area contributed by atoms with Crippen molar-refractivity contribution in [3.05, 3.63) is 40.5 Å². The Morgan fingerprint density at radius 1 is 1.33 bits per heavy atom. The van der Waals surface area contributed by atoms with E-state index in [1.807, 2.05) is 38.2 Å². The smallest absolute Gasteiger partial charge is 0.148 e. The van der Waals surface area contributed by atoms with Gasteiger partial charge < -0.3 is 5.73 Å². The topological polar surface area (TPSA) is 43.8 Å². The molecule has 0 saturated heterocycles. The van der Waals surface area contributed by atoms with Crippen molar-refractivity contribution in [2.75, 3.05) is 5.73 Å². The quantitative estimate of drug-likeness (QED) is 0.805. The molecular formula is C11H12ClN3. The second-order valence-corrected chi connectivity index (χ2v) is 4.00. The summed E-state index contributed by atoms with van der Waals surface area (Å²) in [6.45, 7) is 3.93. The molecule has 1 heterocycles. The Balaban J connectivity index is 2.58. The Kier molecular flexibility index (Phi) is 2.40. The van der Waals surface area contributed by atoms with Gasteiger partial charge in [-0.25, -0.2) is 4.68 Å². The van der Waals surface area contributed by atoms with Crippen LogP contribution in [-0.2, 0) is 0 Å². The van der Waals surface area contributed by atoms with Gasteiger partial charge in [0.15, 0.2) is 0 Å². The van der Waals surface area contributed by atoms with E-state index in [0.29, 0.717) is 10.8 Å². The minimum atomic E-state index is 0.535. The van der Waals surface area contributed by atoms with Crippen LogP contribution in [0.15, 0.2) is 24.4 Å². The van der Waals surface area contributed by atoms with Crippen LogP contribution in [0.2, 0.25) is 5.02 Å². The first-order chi connectivity index (χ1) is 7.08. The van der Waals surface area contributed by atoms with Crippen molar-refractivity contribution in [2.45, 2.75) is 13.8 Å². The molecule has 0 aliphatic rings. The number of rotatable bonds is 1. The van der Waals surface area contributed by atoms with Crippen molar-refractivity contribution >= 4 is 17.4 Å². The molecule has 0 bridgehead atoms. The van der Waals surface area contributed by atoms with Crippen LogP contribution >= 0.6 is 11.6 Å². The summed E-state index contributed by atoms with van der Waals surface area (Å²) in [4.78, 5) is 0. The van der Waals surface area contributed by atoms with Gasteiger partial charge in [-0.05, 0) is 31.5 Å². The summed E-state index contributed by atoms with van der Waals surface area (Å²) in [7, 11) is 0. The number of halogens is 1. The third kappa shape index (κ3) is 1.83.